The number of anilines is 2. The molecule has 1 aromatic heterocycles. The summed E-state index contributed by atoms with van der Waals surface area (Å²) in [5, 5.41) is 10.5. The smallest absolute Gasteiger partial charge is 0.289 e. The number of nitrogens with zero attached hydrogens (tertiary/aromatic N) is 3. The molecule has 1 fully saturated rings. The van der Waals surface area contributed by atoms with Gasteiger partial charge in [0.1, 0.15) is 6.20 Å². The number of nitrogens with two attached hydrogens (primary N) is 1. The minimum atomic E-state index is -0.483. The molecule has 0 aromatic carbocycles. The first kappa shape index (κ1) is 10.7. The van der Waals surface area contributed by atoms with E-state index in [0.29, 0.717) is 11.5 Å². The van der Waals surface area contributed by atoms with E-state index in [1.165, 1.54) is 18.7 Å². The Bertz CT molecular complexity index is 402. The molecule has 1 aliphatic heterocycles. The highest BCUT2D eigenvalue weighted by Gasteiger charge is 2.17. The maximum absolute atomic E-state index is 10.5. The molecule has 86 valence electrons. The Hall–Kier alpha value is -1.85. The predicted octanol–water partition coefficient (Wildman–Crippen LogP) is 1.56. The van der Waals surface area contributed by atoms with E-state index in [2.05, 4.69) is 9.88 Å². The molecule has 2 rings (SSSR count). The van der Waals surface area contributed by atoms with Gasteiger partial charge in [0.15, 0.2) is 5.82 Å². The normalized spacial score (nSPS) is 16.1. The van der Waals surface area contributed by atoms with Crippen LogP contribution in [-0.2, 0) is 0 Å². The zero-order chi connectivity index (χ0) is 11.5. The molecule has 0 aliphatic carbocycles. The number of aromatic nitrogens is 1. The summed E-state index contributed by atoms with van der Waals surface area (Å²) >= 11 is 0. The summed E-state index contributed by atoms with van der Waals surface area (Å²) in [5.74, 6) is 0.672. The Morgan fingerprint density at radius 2 is 2.06 bits per heavy atom. The number of nitro groups is 1. The molecule has 0 atom stereocenters. The molecular formula is C10H14N4O2. The van der Waals surface area contributed by atoms with Gasteiger partial charge in [0.05, 0.1) is 10.6 Å². The first-order valence-corrected chi connectivity index (χ1v) is 5.33. The van der Waals surface area contributed by atoms with Gasteiger partial charge in [0.2, 0.25) is 0 Å². The molecule has 0 radical (unpaired) electrons. The van der Waals surface area contributed by atoms with E-state index in [0.717, 1.165) is 25.9 Å². The fourth-order valence-electron chi connectivity index (χ4n) is 1.93. The maximum Gasteiger partial charge on any atom is 0.289 e. The molecule has 2 N–H and O–H groups in total. The summed E-state index contributed by atoms with van der Waals surface area (Å²) < 4.78 is 0. The van der Waals surface area contributed by atoms with Gasteiger partial charge in [-0.3, -0.25) is 10.1 Å². The Labute approximate surface area is 93.2 Å². The monoisotopic (exact) mass is 222 g/mol. The van der Waals surface area contributed by atoms with Crippen LogP contribution in [0.1, 0.15) is 19.3 Å². The maximum atomic E-state index is 10.5. The molecule has 1 aliphatic rings. The van der Waals surface area contributed by atoms with Crippen molar-refractivity contribution in [1.29, 1.82) is 0 Å². The number of nitrogen functional groups attached to an aromatic ring is 1. The quantitative estimate of drug-likeness (QED) is 0.606. The van der Waals surface area contributed by atoms with E-state index < -0.39 is 4.92 Å². The third-order valence-corrected chi connectivity index (χ3v) is 2.75. The van der Waals surface area contributed by atoms with Crippen LogP contribution in [0.2, 0.25) is 0 Å². The van der Waals surface area contributed by atoms with Crippen LogP contribution in [0.15, 0.2) is 12.3 Å². The van der Waals surface area contributed by atoms with Gasteiger partial charge in [0, 0.05) is 19.2 Å². The second-order valence-corrected chi connectivity index (χ2v) is 3.91. The van der Waals surface area contributed by atoms with Crippen LogP contribution in [0.4, 0.5) is 17.2 Å². The van der Waals surface area contributed by atoms with Crippen LogP contribution in [-0.4, -0.2) is 23.0 Å². The average molecular weight is 222 g/mol. The van der Waals surface area contributed by atoms with E-state index in [1.807, 2.05) is 0 Å². The lowest BCUT2D eigenvalue weighted by molar-refractivity contribution is -0.385. The number of hydrogen-bond acceptors (Lipinski definition) is 5. The van der Waals surface area contributed by atoms with Gasteiger partial charge in [0.25, 0.3) is 5.69 Å². The summed E-state index contributed by atoms with van der Waals surface area (Å²) in [4.78, 5) is 16.2. The van der Waals surface area contributed by atoms with Crippen LogP contribution in [0.3, 0.4) is 0 Å². The summed E-state index contributed by atoms with van der Waals surface area (Å²) in [7, 11) is 0. The minimum Gasteiger partial charge on any atom is -0.396 e. The van der Waals surface area contributed by atoms with Crippen molar-refractivity contribution in [1.82, 2.24) is 4.98 Å². The third-order valence-electron chi connectivity index (χ3n) is 2.75. The number of hydrogen-bond donors (Lipinski definition) is 1. The molecule has 1 saturated heterocycles. The zero-order valence-electron chi connectivity index (χ0n) is 8.93. The van der Waals surface area contributed by atoms with E-state index in [4.69, 9.17) is 5.73 Å². The van der Waals surface area contributed by atoms with Gasteiger partial charge in [-0.25, -0.2) is 4.98 Å². The van der Waals surface area contributed by atoms with Crippen molar-refractivity contribution in [2.75, 3.05) is 23.7 Å². The molecule has 0 spiro atoms. The number of rotatable bonds is 2. The van der Waals surface area contributed by atoms with Crippen molar-refractivity contribution < 1.29 is 4.92 Å². The largest absolute Gasteiger partial charge is 0.396 e. The standard InChI is InChI=1S/C10H14N4O2/c11-9-6-8(14(15)16)7-12-10(9)13-4-2-1-3-5-13/h6-7H,1-5,11H2. The van der Waals surface area contributed by atoms with Crippen LogP contribution in [0, 0.1) is 10.1 Å². The molecule has 0 unspecified atom stereocenters. The molecule has 0 bridgehead atoms. The van der Waals surface area contributed by atoms with Crippen molar-refractivity contribution in [3.05, 3.63) is 22.4 Å². The summed E-state index contributed by atoms with van der Waals surface area (Å²) in [5.41, 5.74) is 6.11. The molecule has 1 aromatic rings. The van der Waals surface area contributed by atoms with Crippen LogP contribution < -0.4 is 10.6 Å². The molecule has 0 saturated carbocycles. The Kier molecular flexibility index (Phi) is 2.89. The van der Waals surface area contributed by atoms with E-state index in [1.54, 1.807) is 0 Å². The highest BCUT2D eigenvalue weighted by molar-refractivity contribution is 5.65. The zero-order valence-corrected chi connectivity index (χ0v) is 8.93. The molecule has 6 nitrogen and oxygen atoms in total. The lowest BCUT2D eigenvalue weighted by atomic mass is 10.1. The second kappa shape index (κ2) is 4.34. The number of pyridine rings is 1. The molecule has 0 amide bonds. The first-order chi connectivity index (χ1) is 7.68. The van der Waals surface area contributed by atoms with Crippen molar-refractivity contribution >= 4 is 17.2 Å². The average Bonchev–Trinajstić information content (AvgIpc) is 2.30. The molecule has 2 heterocycles. The summed E-state index contributed by atoms with van der Waals surface area (Å²) in [6.07, 6.45) is 4.74. The van der Waals surface area contributed by atoms with Crippen molar-refractivity contribution in [3.63, 3.8) is 0 Å². The van der Waals surface area contributed by atoms with E-state index in [9.17, 15) is 10.1 Å². The Morgan fingerprint density at radius 3 is 2.62 bits per heavy atom. The molecular weight excluding hydrogens is 208 g/mol. The first-order valence-electron chi connectivity index (χ1n) is 5.33. The van der Waals surface area contributed by atoms with Crippen LogP contribution in [0.25, 0.3) is 0 Å². The van der Waals surface area contributed by atoms with Gasteiger partial charge in [-0.15, -0.1) is 0 Å². The van der Waals surface area contributed by atoms with Gasteiger partial charge >= 0.3 is 0 Å². The fourth-order valence-corrected chi connectivity index (χ4v) is 1.93. The van der Waals surface area contributed by atoms with Crippen molar-refractivity contribution in [3.8, 4) is 0 Å². The van der Waals surface area contributed by atoms with Gasteiger partial charge in [-0.1, -0.05) is 0 Å². The Morgan fingerprint density at radius 1 is 1.38 bits per heavy atom. The van der Waals surface area contributed by atoms with Crippen molar-refractivity contribution in [2.24, 2.45) is 0 Å². The minimum absolute atomic E-state index is 0.0572. The highest BCUT2D eigenvalue weighted by Crippen LogP contribution is 2.26. The highest BCUT2D eigenvalue weighted by atomic mass is 16.6. The fraction of sp³-hybridized carbons (Fsp3) is 0.500. The lowest BCUT2D eigenvalue weighted by Gasteiger charge is -2.28. The van der Waals surface area contributed by atoms with Gasteiger partial charge < -0.3 is 10.6 Å². The molecule has 6 heteroatoms. The van der Waals surface area contributed by atoms with Gasteiger partial charge in [-0.05, 0) is 19.3 Å². The van der Waals surface area contributed by atoms with E-state index >= 15 is 0 Å². The SMILES string of the molecule is Nc1cc([N+](=O)[O-])cnc1N1CCCCC1. The van der Waals surface area contributed by atoms with Crippen LogP contribution >= 0.6 is 0 Å². The Balaban J connectivity index is 2.24. The molecule has 16 heavy (non-hydrogen) atoms. The van der Waals surface area contributed by atoms with Crippen LogP contribution in [0.5, 0.6) is 0 Å². The van der Waals surface area contributed by atoms with Gasteiger partial charge in [-0.2, -0.15) is 0 Å². The third kappa shape index (κ3) is 2.05. The summed E-state index contributed by atoms with van der Waals surface area (Å²) in [6, 6.07) is 1.37. The lowest BCUT2D eigenvalue weighted by Crippen LogP contribution is -2.30. The summed E-state index contributed by atoms with van der Waals surface area (Å²) in [6.45, 7) is 1.85. The van der Waals surface area contributed by atoms with E-state index in [-0.39, 0.29) is 5.69 Å². The second-order valence-electron chi connectivity index (χ2n) is 3.91. The number of piperidine rings is 1. The van der Waals surface area contributed by atoms with Crippen molar-refractivity contribution in [2.45, 2.75) is 19.3 Å². The predicted molar refractivity (Wildman–Crippen MR) is 61.4 cm³/mol. The topological polar surface area (TPSA) is 85.3 Å².